The molecule has 2 aromatic rings. The van der Waals surface area contributed by atoms with Crippen molar-refractivity contribution < 1.29 is 32.5 Å². The Kier molecular flexibility index (Phi) is 7.69. The maximum atomic E-state index is 14.4. The number of piperidine rings is 1. The summed E-state index contributed by atoms with van der Waals surface area (Å²) in [5.74, 6) is -2.09. The molecule has 1 amide bonds. The molecule has 10 nitrogen and oxygen atoms in total. The first-order chi connectivity index (χ1) is 17.3. The van der Waals surface area contributed by atoms with Crippen LogP contribution in [-0.2, 0) is 9.47 Å². The molecule has 12 heteroatoms. The highest BCUT2D eigenvalue weighted by Crippen LogP contribution is 2.38. The van der Waals surface area contributed by atoms with E-state index in [9.17, 15) is 13.6 Å². The molecule has 2 saturated heterocycles. The molecule has 1 aromatic carbocycles. The van der Waals surface area contributed by atoms with Crippen molar-refractivity contribution in [2.45, 2.75) is 32.5 Å². The monoisotopic (exact) mass is 503 g/mol. The SMILES string of the molecule is CCC(C)OC(=O)N1CC2COCC(C1)C2Oc1ncnc(Nc2c(F)cc(C#N)cc2F)c1OC. The summed E-state index contributed by atoms with van der Waals surface area (Å²) in [5, 5.41) is 11.5. The highest BCUT2D eigenvalue weighted by molar-refractivity contribution is 5.68. The van der Waals surface area contributed by atoms with Crippen molar-refractivity contribution in [2.24, 2.45) is 11.8 Å². The third kappa shape index (κ3) is 5.26. The second-order valence-corrected chi connectivity index (χ2v) is 8.76. The van der Waals surface area contributed by atoms with Gasteiger partial charge in [-0.15, -0.1) is 0 Å². The zero-order valence-corrected chi connectivity index (χ0v) is 20.2. The molecule has 2 bridgehead atoms. The molecule has 3 heterocycles. The number of methoxy groups -OCH3 is 1. The van der Waals surface area contributed by atoms with Gasteiger partial charge in [0, 0.05) is 24.9 Å². The van der Waals surface area contributed by atoms with Crippen LogP contribution in [0, 0.1) is 34.8 Å². The van der Waals surface area contributed by atoms with Gasteiger partial charge in [0.05, 0.1) is 32.0 Å². The minimum absolute atomic E-state index is 0.0130. The number of nitrogens with zero attached hydrogens (tertiary/aromatic N) is 4. The lowest BCUT2D eigenvalue weighted by Crippen LogP contribution is -2.58. The van der Waals surface area contributed by atoms with Crippen molar-refractivity contribution in [3.05, 3.63) is 35.7 Å². The van der Waals surface area contributed by atoms with E-state index in [1.165, 1.54) is 13.4 Å². The molecule has 36 heavy (non-hydrogen) atoms. The van der Waals surface area contributed by atoms with Gasteiger partial charge in [0.2, 0.25) is 5.75 Å². The number of nitrogens with one attached hydrogen (secondary N) is 1. The molecule has 0 radical (unpaired) electrons. The zero-order chi connectivity index (χ0) is 25.8. The van der Waals surface area contributed by atoms with Crippen LogP contribution >= 0.6 is 0 Å². The van der Waals surface area contributed by atoms with Crippen LogP contribution in [0.1, 0.15) is 25.8 Å². The number of aromatic nitrogens is 2. The van der Waals surface area contributed by atoms with Gasteiger partial charge in [-0.25, -0.2) is 18.6 Å². The Labute approximate surface area is 207 Å². The highest BCUT2D eigenvalue weighted by atomic mass is 19.1. The summed E-state index contributed by atoms with van der Waals surface area (Å²) < 4.78 is 51.7. The number of amides is 1. The first kappa shape index (κ1) is 25.4. The van der Waals surface area contributed by atoms with Gasteiger partial charge >= 0.3 is 6.09 Å². The van der Waals surface area contributed by atoms with Gasteiger partial charge in [-0.1, -0.05) is 6.92 Å². The van der Waals surface area contributed by atoms with Crippen molar-refractivity contribution in [2.75, 3.05) is 38.7 Å². The van der Waals surface area contributed by atoms with Crippen molar-refractivity contribution in [1.29, 1.82) is 5.26 Å². The molecule has 1 N–H and O–H groups in total. The summed E-state index contributed by atoms with van der Waals surface area (Å²) in [5.41, 5.74) is -0.641. The molecular weight excluding hydrogens is 476 g/mol. The molecule has 3 atom stereocenters. The number of ether oxygens (including phenoxy) is 4. The van der Waals surface area contributed by atoms with Gasteiger partial charge < -0.3 is 29.2 Å². The largest absolute Gasteiger partial charge is 0.489 e. The predicted octanol–water partition coefficient (Wildman–Crippen LogP) is 3.64. The number of anilines is 2. The average Bonchev–Trinajstić information content (AvgIpc) is 2.85. The summed E-state index contributed by atoms with van der Waals surface area (Å²) in [6.45, 7) is 5.33. The van der Waals surface area contributed by atoms with Crippen LogP contribution in [-0.4, -0.2) is 66.6 Å². The molecule has 0 saturated carbocycles. The maximum Gasteiger partial charge on any atom is 0.410 e. The van der Waals surface area contributed by atoms with E-state index >= 15 is 0 Å². The lowest BCUT2D eigenvalue weighted by atomic mass is 9.84. The Bertz CT molecular complexity index is 1120. The summed E-state index contributed by atoms with van der Waals surface area (Å²) >= 11 is 0. The summed E-state index contributed by atoms with van der Waals surface area (Å²) in [4.78, 5) is 22.5. The fourth-order valence-electron chi connectivity index (χ4n) is 4.29. The van der Waals surface area contributed by atoms with Gasteiger partial charge in [-0.3, -0.25) is 0 Å². The van der Waals surface area contributed by atoms with Crippen LogP contribution in [0.15, 0.2) is 18.5 Å². The Balaban J connectivity index is 1.54. The Morgan fingerprint density at radius 3 is 2.53 bits per heavy atom. The van der Waals surface area contributed by atoms with Crippen LogP contribution in [0.5, 0.6) is 11.6 Å². The lowest BCUT2D eigenvalue weighted by Gasteiger charge is -2.46. The van der Waals surface area contributed by atoms with Crippen LogP contribution < -0.4 is 14.8 Å². The van der Waals surface area contributed by atoms with Gasteiger partial charge in [0.1, 0.15) is 24.2 Å². The van der Waals surface area contributed by atoms with E-state index in [4.69, 9.17) is 24.2 Å². The third-order valence-electron chi connectivity index (χ3n) is 6.28. The van der Waals surface area contributed by atoms with Crippen LogP contribution in [0.2, 0.25) is 0 Å². The summed E-state index contributed by atoms with van der Waals surface area (Å²) in [7, 11) is 1.36. The standard InChI is InChI=1S/C24H27F2N5O5/c1-4-13(2)35-24(32)31-8-15-10-34-11-16(9-31)20(15)36-23-21(33-3)22(28-12-29-23)30-19-17(25)5-14(7-27)6-18(19)26/h5-6,12-13,15-16,20H,4,8-11H2,1-3H3,(H,28,29,30). The van der Waals surface area contributed by atoms with Crippen molar-refractivity contribution in [3.8, 4) is 17.7 Å². The van der Waals surface area contributed by atoms with Crippen molar-refractivity contribution >= 4 is 17.6 Å². The molecule has 0 spiro atoms. The minimum atomic E-state index is -0.960. The van der Waals surface area contributed by atoms with E-state index in [2.05, 4.69) is 15.3 Å². The van der Waals surface area contributed by atoms with E-state index in [0.717, 1.165) is 18.6 Å². The fraction of sp³-hybridized carbons (Fsp3) is 0.500. The second kappa shape index (κ2) is 10.9. The minimum Gasteiger partial charge on any atom is -0.489 e. The average molecular weight is 504 g/mol. The molecule has 2 fully saturated rings. The zero-order valence-electron chi connectivity index (χ0n) is 20.2. The molecule has 2 aliphatic rings. The predicted molar refractivity (Wildman–Crippen MR) is 123 cm³/mol. The molecule has 3 unspecified atom stereocenters. The Morgan fingerprint density at radius 1 is 1.28 bits per heavy atom. The van der Waals surface area contributed by atoms with E-state index < -0.39 is 17.3 Å². The number of rotatable bonds is 7. The number of likely N-dealkylation sites (tertiary alicyclic amines) is 1. The normalized spacial score (nSPS) is 21.8. The summed E-state index contributed by atoms with van der Waals surface area (Å²) in [6.07, 6.45) is 1.03. The van der Waals surface area contributed by atoms with E-state index in [0.29, 0.717) is 26.3 Å². The number of carbonyl (C=O) groups is 1. The number of carbonyl (C=O) groups excluding carboxylic acids is 1. The number of halogens is 2. The quantitative estimate of drug-likeness (QED) is 0.604. The smallest absolute Gasteiger partial charge is 0.410 e. The first-order valence-electron chi connectivity index (χ1n) is 11.6. The number of hydrogen-bond donors (Lipinski definition) is 1. The van der Waals surface area contributed by atoms with Crippen LogP contribution in [0.3, 0.4) is 0 Å². The molecular formula is C24H27F2N5O5. The van der Waals surface area contributed by atoms with E-state index in [1.54, 1.807) is 11.0 Å². The van der Waals surface area contributed by atoms with Crippen LogP contribution in [0.25, 0.3) is 0 Å². The van der Waals surface area contributed by atoms with Gasteiger partial charge in [0.25, 0.3) is 5.88 Å². The molecule has 2 aliphatic heterocycles. The number of hydrogen-bond acceptors (Lipinski definition) is 9. The molecule has 4 rings (SSSR count). The van der Waals surface area contributed by atoms with Crippen molar-refractivity contribution in [1.82, 2.24) is 14.9 Å². The lowest BCUT2D eigenvalue weighted by molar-refractivity contribution is -0.111. The Hall–Kier alpha value is -3.72. The fourth-order valence-corrected chi connectivity index (χ4v) is 4.29. The number of nitriles is 1. The molecule has 1 aromatic heterocycles. The number of fused-ring (bicyclic) bond motifs is 2. The van der Waals surface area contributed by atoms with Gasteiger partial charge in [-0.05, 0) is 25.5 Å². The van der Waals surface area contributed by atoms with Crippen molar-refractivity contribution in [3.63, 3.8) is 0 Å². The highest BCUT2D eigenvalue weighted by Gasteiger charge is 2.44. The van der Waals surface area contributed by atoms with Gasteiger partial charge in [-0.2, -0.15) is 10.2 Å². The topological polar surface area (TPSA) is 119 Å². The molecule has 0 aliphatic carbocycles. The molecule has 192 valence electrons. The maximum absolute atomic E-state index is 14.4. The summed E-state index contributed by atoms with van der Waals surface area (Å²) in [6, 6.07) is 3.53. The second-order valence-electron chi connectivity index (χ2n) is 8.76. The third-order valence-corrected chi connectivity index (χ3v) is 6.28. The first-order valence-corrected chi connectivity index (χ1v) is 11.6. The van der Waals surface area contributed by atoms with Crippen LogP contribution in [0.4, 0.5) is 25.1 Å². The Morgan fingerprint density at radius 2 is 1.94 bits per heavy atom. The van der Waals surface area contributed by atoms with E-state index in [-0.39, 0.29) is 53.1 Å². The van der Waals surface area contributed by atoms with E-state index in [1.807, 2.05) is 13.8 Å². The number of benzene rings is 1. The van der Waals surface area contributed by atoms with Gasteiger partial charge in [0.15, 0.2) is 17.5 Å².